The lowest BCUT2D eigenvalue weighted by atomic mass is 10.0. The van der Waals surface area contributed by atoms with Crippen molar-refractivity contribution in [3.8, 4) is 33.0 Å². The summed E-state index contributed by atoms with van der Waals surface area (Å²) in [6.45, 7) is 0. The molecule has 3 nitrogen and oxygen atoms in total. The van der Waals surface area contributed by atoms with E-state index in [2.05, 4.69) is 12.1 Å². The topological polar surface area (TPSA) is 42.2 Å². The van der Waals surface area contributed by atoms with Crippen LogP contribution in [0.5, 0.6) is 5.75 Å². The van der Waals surface area contributed by atoms with Crippen molar-refractivity contribution in [2.75, 3.05) is 0 Å². The fraction of sp³-hybridized carbons (Fsp3) is 0. The van der Waals surface area contributed by atoms with Gasteiger partial charge in [-0.2, -0.15) is 0 Å². The van der Waals surface area contributed by atoms with Gasteiger partial charge >= 0.3 is 0 Å². The zero-order valence-corrected chi connectivity index (χ0v) is 18.5. The highest BCUT2D eigenvalue weighted by atomic mass is 32.1. The first kappa shape index (κ1) is 19.0. The molecule has 0 saturated carbocycles. The van der Waals surface area contributed by atoms with E-state index in [4.69, 9.17) is 0 Å². The Morgan fingerprint density at radius 2 is 1.19 bits per heavy atom. The molecule has 0 aliphatic carbocycles. The Labute approximate surface area is 192 Å². The monoisotopic (exact) mass is 451 g/mol. The smallest absolute Gasteiger partial charge is 0.273 e. The lowest BCUT2D eigenvalue weighted by molar-refractivity contribution is 0.485. The molecular weight excluding hydrogens is 434 g/mol. The van der Waals surface area contributed by atoms with E-state index in [1.807, 2.05) is 84.9 Å². The van der Waals surface area contributed by atoms with Gasteiger partial charge < -0.3 is 5.11 Å². The van der Waals surface area contributed by atoms with Gasteiger partial charge in [-0.25, -0.2) is 3.96 Å². The maximum absolute atomic E-state index is 12.7. The number of hydrogen-bond donors (Lipinski definition) is 1. The molecule has 0 amide bonds. The van der Waals surface area contributed by atoms with Crippen LogP contribution in [0.3, 0.4) is 0 Å². The summed E-state index contributed by atoms with van der Waals surface area (Å²) in [4.78, 5) is 13.6. The van der Waals surface area contributed by atoms with Crippen LogP contribution in [0, 0.1) is 0 Å². The van der Waals surface area contributed by atoms with E-state index in [-0.39, 0.29) is 5.56 Å². The Bertz CT molecular complexity index is 1640. The summed E-state index contributed by atoms with van der Waals surface area (Å²) in [6.07, 6.45) is 0. The van der Waals surface area contributed by atoms with Crippen LogP contribution in [0.25, 0.3) is 47.4 Å². The molecule has 0 aliphatic rings. The Kier molecular flexibility index (Phi) is 4.45. The van der Waals surface area contributed by atoms with Gasteiger partial charge in [0, 0.05) is 10.1 Å². The average Bonchev–Trinajstić information content (AvgIpc) is 3.37. The molecule has 5 heteroatoms. The van der Waals surface area contributed by atoms with Crippen molar-refractivity contribution in [1.82, 2.24) is 3.96 Å². The third kappa shape index (κ3) is 3.06. The predicted molar refractivity (Wildman–Crippen MR) is 135 cm³/mol. The summed E-state index contributed by atoms with van der Waals surface area (Å²) >= 11 is 3.06. The quantitative estimate of drug-likeness (QED) is 0.307. The molecule has 2 heterocycles. The van der Waals surface area contributed by atoms with Gasteiger partial charge in [0.25, 0.3) is 5.56 Å². The second kappa shape index (κ2) is 7.48. The molecule has 0 aliphatic heterocycles. The minimum absolute atomic E-state index is 0.0193. The van der Waals surface area contributed by atoms with Crippen LogP contribution >= 0.6 is 22.9 Å². The van der Waals surface area contributed by atoms with Crippen LogP contribution in [-0.2, 0) is 0 Å². The van der Waals surface area contributed by atoms with Gasteiger partial charge in [0.15, 0.2) is 0 Å². The summed E-state index contributed by atoms with van der Waals surface area (Å²) in [7, 11) is 0. The highest BCUT2D eigenvalue weighted by molar-refractivity contribution is 7.22. The number of aromatic nitrogens is 1. The van der Waals surface area contributed by atoms with Crippen molar-refractivity contribution in [1.29, 1.82) is 0 Å². The van der Waals surface area contributed by atoms with Gasteiger partial charge in [-0.1, -0.05) is 72.2 Å². The van der Waals surface area contributed by atoms with E-state index in [9.17, 15) is 9.90 Å². The molecule has 0 spiro atoms. The van der Waals surface area contributed by atoms with E-state index < -0.39 is 0 Å². The molecule has 32 heavy (non-hydrogen) atoms. The molecule has 4 aromatic carbocycles. The molecule has 154 valence electrons. The molecule has 0 radical (unpaired) electrons. The molecule has 6 aromatic rings. The number of fused-ring (bicyclic) bond motifs is 2. The minimum atomic E-state index is 0.0193. The van der Waals surface area contributed by atoms with Crippen molar-refractivity contribution in [3.63, 3.8) is 0 Å². The van der Waals surface area contributed by atoms with E-state index in [1.165, 1.54) is 11.5 Å². The summed E-state index contributed by atoms with van der Waals surface area (Å²) < 4.78 is 3.81. The van der Waals surface area contributed by atoms with Gasteiger partial charge in [-0.15, -0.1) is 11.3 Å². The molecule has 2 aromatic heterocycles. The Balaban J connectivity index is 1.32. The van der Waals surface area contributed by atoms with Gasteiger partial charge in [0.05, 0.1) is 20.7 Å². The van der Waals surface area contributed by atoms with E-state index >= 15 is 0 Å². The lowest BCUT2D eigenvalue weighted by Crippen LogP contribution is -2.10. The zero-order chi connectivity index (χ0) is 21.7. The standard InChI is InChI=1S/C27H17NO2S2/c29-25-21-5-1-3-7-23(21)31-26(25)19-11-9-17(10-12-19)18-13-15-20(16-14-18)28-27(30)22-6-2-4-8-24(22)32-28/h1-16,29H. The van der Waals surface area contributed by atoms with Crippen molar-refractivity contribution >= 4 is 43.0 Å². The maximum Gasteiger partial charge on any atom is 0.273 e. The van der Waals surface area contributed by atoms with Crippen LogP contribution in [0.2, 0.25) is 0 Å². The van der Waals surface area contributed by atoms with E-state index in [1.54, 1.807) is 15.3 Å². The van der Waals surface area contributed by atoms with Gasteiger partial charge in [0.2, 0.25) is 0 Å². The average molecular weight is 452 g/mol. The normalized spacial score (nSPS) is 11.4. The SMILES string of the molecule is O=c1c2ccccc2sn1-c1ccc(-c2ccc(-c3sc4ccccc4c3O)cc2)cc1. The molecule has 1 N–H and O–H groups in total. The first-order valence-corrected chi connectivity index (χ1v) is 11.8. The van der Waals surface area contributed by atoms with E-state index in [0.717, 1.165) is 47.4 Å². The first-order chi connectivity index (χ1) is 15.7. The van der Waals surface area contributed by atoms with Crippen LogP contribution in [0.4, 0.5) is 0 Å². The highest BCUT2D eigenvalue weighted by Crippen LogP contribution is 2.43. The highest BCUT2D eigenvalue weighted by Gasteiger charge is 2.13. The fourth-order valence-electron chi connectivity index (χ4n) is 3.97. The van der Waals surface area contributed by atoms with E-state index in [0.29, 0.717) is 5.75 Å². The van der Waals surface area contributed by atoms with Crippen LogP contribution in [-0.4, -0.2) is 9.06 Å². The first-order valence-electron chi connectivity index (χ1n) is 10.2. The molecule has 0 bridgehead atoms. The van der Waals surface area contributed by atoms with Gasteiger partial charge in [-0.05, 0) is 53.1 Å². The van der Waals surface area contributed by atoms with Crippen LogP contribution in [0.15, 0.2) is 102 Å². The number of hydrogen-bond acceptors (Lipinski definition) is 4. The Morgan fingerprint density at radius 3 is 1.84 bits per heavy atom. The Morgan fingerprint density at radius 1 is 0.625 bits per heavy atom. The zero-order valence-electron chi connectivity index (χ0n) is 16.9. The van der Waals surface area contributed by atoms with Gasteiger partial charge in [0.1, 0.15) is 5.75 Å². The summed E-state index contributed by atoms with van der Waals surface area (Å²) in [5.74, 6) is 0.344. The predicted octanol–water partition coefficient (Wildman–Crippen LogP) is 7.31. The lowest BCUT2D eigenvalue weighted by Gasteiger charge is -2.06. The number of rotatable bonds is 3. The Hall–Kier alpha value is -3.67. The number of nitrogens with zero attached hydrogens (tertiary/aromatic N) is 1. The fourth-order valence-corrected chi connectivity index (χ4v) is 6.07. The van der Waals surface area contributed by atoms with Crippen LogP contribution < -0.4 is 5.56 Å². The van der Waals surface area contributed by atoms with Crippen molar-refractivity contribution in [3.05, 3.63) is 107 Å². The molecular formula is C27H17NO2S2. The number of thiophene rings is 1. The number of benzene rings is 4. The summed E-state index contributed by atoms with van der Waals surface area (Å²) in [5, 5.41) is 12.3. The summed E-state index contributed by atoms with van der Waals surface area (Å²) in [6, 6.07) is 31.9. The van der Waals surface area contributed by atoms with Crippen molar-refractivity contribution < 1.29 is 5.11 Å². The third-order valence-corrected chi connectivity index (χ3v) is 7.96. The molecule has 0 unspecified atom stereocenters. The summed E-state index contributed by atoms with van der Waals surface area (Å²) in [5.41, 5.74) is 4.05. The van der Waals surface area contributed by atoms with Gasteiger partial charge in [-0.3, -0.25) is 4.79 Å². The molecule has 0 fully saturated rings. The number of aromatic hydroxyl groups is 1. The molecule has 0 saturated heterocycles. The maximum atomic E-state index is 12.7. The second-order valence-corrected chi connectivity index (χ2v) is 9.63. The molecule has 0 atom stereocenters. The second-order valence-electron chi connectivity index (χ2n) is 7.59. The van der Waals surface area contributed by atoms with Crippen LogP contribution in [0.1, 0.15) is 0 Å². The van der Waals surface area contributed by atoms with Crippen molar-refractivity contribution in [2.24, 2.45) is 0 Å². The van der Waals surface area contributed by atoms with Crippen molar-refractivity contribution in [2.45, 2.75) is 0 Å². The minimum Gasteiger partial charge on any atom is -0.506 e. The third-order valence-electron chi connectivity index (χ3n) is 5.64. The largest absolute Gasteiger partial charge is 0.506 e. The molecule has 6 rings (SSSR count).